The average Bonchev–Trinajstić information content (AvgIpc) is 2.55. The third kappa shape index (κ3) is 3.67. The lowest BCUT2D eigenvalue weighted by molar-refractivity contribution is -0.116. The number of nitrogens with zero attached hydrogens (tertiary/aromatic N) is 1. The van der Waals surface area contributed by atoms with Crippen molar-refractivity contribution in [3.63, 3.8) is 0 Å². The van der Waals surface area contributed by atoms with Crippen molar-refractivity contribution in [2.75, 3.05) is 19.4 Å². The monoisotopic (exact) mass is 277 g/mol. The van der Waals surface area contributed by atoms with Gasteiger partial charge in [0, 0.05) is 32.7 Å². The van der Waals surface area contributed by atoms with Gasteiger partial charge >= 0.3 is 0 Å². The number of amides is 1. The number of aryl methyl sites for hydroxylation is 1. The van der Waals surface area contributed by atoms with Gasteiger partial charge in [0.05, 0.1) is 0 Å². The summed E-state index contributed by atoms with van der Waals surface area (Å²) in [5.41, 5.74) is 3.27. The van der Waals surface area contributed by atoms with Crippen LogP contribution < -0.4 is 10.6 Å². The molecule has 0 spiro atoms. The molecule has 1 aromatic rings. The number of carbonyl (C=O) groups is 1. The van der Waals surface area contributed by atoms with Gasteiger partial charge in [-0.05, 0) is 42.3 Å². The quantitative estimate of drug-likeness (QED) is 0.810. The van der Waals surface area contributed by atoms with Crippen LogP contribution >= 0.6 is 12.2 Å². The second kappa shape index (κ2) is 6.02. The number of hydrogen-bond donors (Lipinski definition) is 2. The summed E-state index contributed by atoms with van der Waals surface area (Å²) in [6.45, 7) is 0.667. The van der Waals surface area contributed by atoms with Gasteiger partial charge in [0.2, 0.25) is 5.91 Å². The first-order valence-electron chi connectivity index (χ1n) is 6.43. The summed E-state index contributed by atoms with van der Waals surface area (Å²) in [6, 6.07) is 6.21. The molecule has 1 heterocycles. The van der Waals surface area contributed by atoms with Gasteiger partial charge in [0.1, 0.15) is 0 Å². The highest BCUT2D eigenvalue weighted by molar-refractivity contribution is 7.80. The van der Waals surface area contributed by atoms with Crippen molar-refractivity contribution < 1.29 is 4.79 Å². The summed E-state index contributed by atoms with van der Waals surface area (Å²) in [6.07, 6.45) is 2.48. The van der Waals surface area contributed by atoms with Crippen LogP contribution in [0.25, 0.3) is 0 Å². The summed E-state index contributed by atoms with van der Waals surface area (Å²) in [7, 11) is 3.82. The Balaban J connectivity index is 2.07. The van der Waals surface area contributed by atoms with E-state index < -0.39 is 0 Å². The van der Waals surface area contributed by atoms with Crippen LogP contribution in [0, 0.1) is 0 Å². The molecule has 0 bridgehead atoms. The second-order valence-corrected chi connectivity index (χ2v) is 5.33. The lowest BCUT2D eigenvalue weighted by atomic mass is 10.1. The number of fused-ring (bicyclic) bond motifs is 1. The summed E-state index contributed by atoms with van der Waals surface area (Å²) in [4.78, 5) is 13.4. The van der Waals surface area contributed by atoms with E-state index in [0.717, 1.165) is 24.1 Å². The van der Waals surface area contributed by atoms with Crippen molar-refractivity contribution in [2.45, 2.75) is 25.8 Å². The van der Waals surface area contributed by atoms with Gasteiger partial charge in [-0.15, -0.1) is 0 Å². The smallest absolute Gasteiger partial charge is 0.224 e. The van der Waals surface area contributed by atoms with Gasteiger partial charge in [-0.3, -0.25) is 4.79 Å². The van der Waals surface area contributed by atoms with Gasteiger partial charge in [0.15, 0.2) is 5.11 Å². The summed E-state index contributed by atoms with van der Waals surface area (Å²) in [5.74, 6) is 0.104. The van der Waals surface area contributed by atoms with E-state index in [1.54, 1.807) is 0 Å². The molecule has 0 aromatic heterocycles. The molecular weight excluding hydrogens is 258 g/mol. The van der Waals surface area contributed by atoms with Crippen molar-refractivity contribution in [1.82, 2.24) is 10.2 Å². The number of thiocarbonyl (C=S) groups is 1. The highest BCUT2D eigenvalue weighted by Crippen LogP contribution is 2.23. The SMILES string of the molecule is CN(C)C(=S)NCc1ccc2c(c1)NC(=O)CCC2. The average molecular weight is 277 g/mol. The Morgan fingerprint density at radius 1 is 1.42 bits per heavy atom. The van der Waals surface area contributed by atoms with Gasteiger partial charge in [-0.1, -0.05) is 12.1 Å². The first-order valence-corrected chi connectivity index (χ1v) is 6.84. The van der Waals surface area contributed by atoms with Gasteiger partial charge in [-0.25, -0.2) is 0 Å². The third-order valence-corrected chi connectivity index (χ3v) is 3.66. The Kier molecular flexibility index (Phi) is 4.37. The normalized spacial score (nSPS) is 14.1. The van der Waals surface area contributed by atoms with E-state index in [-0.39, 0.29) is 5.91 Å². The first-order chi connectivity index (χ1) is 9.06. The van der Waals surface area contributed by atoms with Crippen LogP contribution in [0.15, 0.2) is 18.2 Å². The van der Waals surface area contributed by atoms with Crippen molar-refractivity contribution >= 4 is 28.9 Å². The summed E-state index contributed by atoms with van der Waals surface area (Å²) in [5, 5.41) is 6.85. The molecule has 2 N–H and O–H groups in total. The topological polar surface area (TPSA) is 44.4 Å². The first kappa shape index (κ1) is 13.8. The molecule has 19 heavy (non-hydrogen) atoms. The lowest BCUT2D eigenvalue weighted by Crippen LogP contribution is -2.33. The molecule has 4 nitrogen and oxygen atoms in total. The molecule has 5 heteroatoms. The Morgan fingerprint density at radius 2 is 2.21 bits per heavy atom. The van der Waals surface area contributed by atoms with Crippen molar-refractivity contribution in [1.29, 1.82) is 0 Å². The minimum absolute atomic E-state index is 0.104. The number of carbonyl (C=O) groups excluding carboxylic acids is 1. The third-order valence-electron chi connectivity index (χ3n) is 3.15. The molecule has 1 amide bonds. The fourth-order valence-electron chi connectivity index (χ4n) is 2.06. The molecule has 0 saturated carbocycles. The maximum Gasteiger partial charge on any atom is 0.224 e. The Bertz CT molecular complexity index is 499. The van der Waals surface area contributed by atoms with E-state index in [1.165, 1.54) is 5.56 Å². The molecule has 102 valence electrons. The Labute approximate surface area is 119 Å². The second-order valence-electron chi connectivity index (χ2n) is 4.95. The van der Waals surface area contributed by atoms with Crippen LogP contribution in [0.1, 0.15) is 24.0 Å². The van der Waals surface area contributed by atoms with Crippen molar-refractivity contribution in [3.8, 4) is 0 Å². The number of benzene rings is 1. The molecule has 0 unspecified atom stereocenters. The summed E-state index contributed by atoms with van der Waals surface area (Å²) < 4.78 is 0. The molecule has 2 rings (SSSR count). The van der Waals surface area contributed by atoms with Crippen LogP contribution in [-0.2, 0) is 17.8 Å². The van der Waals surface area contributed by atoms with E-state index in [0.29, 0.717) is 18.1 Å². The molecule has 1 aliphatic rings. The summed E-state index contributed by atoms with van der Waals surface area (Å²) >= 11 is 5.18. The fraction of sp³-hybridized carbons (Fsp3) is 0.429. The van der Waals surface area contributed by atoms with Crippen LogP contribution in [0.3, 0.4) is 0 Å². The standard InChI is InChI=1S/C14H19N3OS/c1-17(2)14(19)15-9-10-6-7-11-4-3-5-13(18)16-12(11)8-10/h6-8H,3-5,9H2,1-2H3,(H,15,19)(H,16,18). The lowest BCUT2D eigenvalue weighted by Gasteiger charge is -2.16. The van der Waals surface area contributed by atoms with Crippen LogP contribution in [0.2, 0.25) is 0 Å². The molecule has 0 aliphatic carbocycles. The molecule has 1 aliphatic heterocycles. The van der Waals surface area contributed by atoms with E-state index in [2.05, 4.69) is 22.8 Å². The van der Waals surface area contributed by atoms with E-state index in [9.17, 15) is 4.79 Å². The molecule has 0 radical (unpaired) electrons. The van der Waals surface area contributed by atoms with Gasteiger partial charge in [-0.2, -0.15) is 0 Å². The van der Waals surface area contributed by atoms with Gasteiger partial charge in [0.25, 0.3) is 0 Å². The van der Waals surface area contributed by atoms with Gasteiger partial charge < -0.3 is 15.5 Å². The highest BCUT2D eigenvalue weighted by Gasteiger charge is 2.13. The minimum atomic E-state index is 0.104. The van der Waals surface area contributed by atoms with E-state index >= 15 is 0 Å². The van der Waals surface area contributed by atoms with E-state index in [1.807, 2.05) is 25.1 Å². The predicted molar refractivity (Wildman–Crippen MR) is 81.1 cm³/mol. The van der Waals surface area contributed by atoms with Crippen LogP contribution in [0.5, 0.6) is 0 Å². The van der Waals surface area contributed by atoms with Crippen LogP contribution in [-0.4, -0.2) is 30.0 Å². The van der Waals surface area contributed by atoms with Crippen molar-refractivity contribution in [3.05, 3.63) is 29.3 Å². The predicted octanol–water partition coefficient (Wildman–Crippen LogP) is 1.90. The number of nitrogens with one attached hydrogen (secondary N) is 2. The molecule has 0 atom stereocenters. The molecule has 0 fully saturated rings. The maximum atomic E-state index is 11.6. The van der Waals surface area contributed by atoms with E-state index in [4.69, 9.17) is 12.2 Å². The van der Waals surface area contributed by atoms with Crippen molar-refractivity contribution in [2.24, 2.45) is 0 Å². The number of hydrogen-bond acceptors (Lipinski definition) is 2. The van der Waals surface area contributed by atoms with Crippen LogP contribution in [0.4, 0.5) is 5.69 Å². The molecule has 0 saturated heterocycles. The largest absolute Gasteiger partial charge is 0.359 e. The zero-order valence-corrected chi connectivity index (χ0v) is 12.1. The fourth-order valence-corrected chi connectivity index (χ4v) is 2.13. The zero-order valence-electron chi connectivity index (χ0n) is 11.3. The Hall–Kier alpha value is -1.62. The molecular formula is C14H19N3OS. The maximum absolute atomic E-state index is 11.6. The molecule has 1 aromatic carbocycles. The number of anilines is 1. The zero-order chi connectivity index (χ0) is 13.8. The highest BCUT2D eigenvalue weighted by atomic mass is 32.1. The Morgan fingerprint density at radius 3 is 2.95 bits per heavy atom. The number of rotatable bonds is 2. The minimum Gasteiger partial charge on any atom is -0.359 e.